The zero-order valence-corrected chi connectivity index (χ0v) is 16.8. The maximum absolute atomic E-state index is 11.0. The second kappa shape index (κ2) is 7.63. The van der Waals surface area contributed by atoms with Crippen molar-refractivity contribution in [2.24, 2.45) is 0 Å². The van der Waals surface area contributed by atoms with E-state index in [9.17, 15) is 20.4 Å². The highest BCUT2D eigenvalue weighted by Crippen LogP contribution is 2.32. The zero-order valence-electron chi connectivity index (χ0n) is 16.8. The molecule has 0 spiro atoms. The predicted molar refractivity (Wildman–Crippen MR) is 120 cm³/mol. The third-order valence-electron chi connectivity index (χ3n) is 5.26. The third-order valence-corrected chi connectivity index (χ3v) is 5.26. The molecule has 7 heteroatoms. The first-order valence-electron chi connectivity index (χ1n) is 9.95. The maximum Gasteiger partial charge on any atom is 0.219 e. The molecule has 0 unspecified atom stereocenters. The van der Waals surface area contributed by atoms with E-state index in [4.69, 9.17) is 4.98 Å². The summed E-state index contributed by atoms with van der Waals surface area (Å²) in [7, 11) is 0. The van der Waals surface area contributed by atoms with Crippen molar-refractivity contribution in [2.75, 3.05) is 0 Å². The fourth-order valence-corrected chi connectivity index (χ4v) is 3.59. The first-order valence-corrected chi connectivity index (χ1v) is 9.95. The SMILES string of the molecule is Oc1ccc(Cc2nc3c(-c4ccc(O)cc4)nc(-c4ccc(O)cc4)cn3c2O)cc1. The highest BCUT2D eigenvalue weighted by molar-refractivity contribution is 5.78. The van der Waals surface area contributed by atoms with E-state index in [1.807, 2.05) is 0 Å². The lowest BCUT2D eigenvalue weighted by Crippen LogP contribution is -1.96. The van der Waals surface area contributed by atoms with E-state index < -0.39 is 0 Å². The Morgan fingerprint density at radius 3 is 1.75 bits per heavy atom. The van der Waals surface area contributed by atoms with Crippen LogP contribution in [0.3, 0.4) is 0 Å². The van der Waals surface area contributed by atoms with Gasteiger partial charge in [0.2, 0.25) is 5.88 Å². The van der Waals surface area contributed by atoms with Gasteiger partial charge in [0.05, 0.1) is 5.69 Å². The molecular formula is C25H19N3O4. The second-order valence-electron chi connectivity index (χ2n) is 7.49. The van der Waals surface area contributed by atoms with Gasteiger partial charge in [0, 0.05) is 23.7 Å². The van der Waals surface area contributed by atoms with Gasteiger partial charge in [-0.05, 0) is 66.2 Å². The lowest BCUT2D eigenvalue weighted by Gasteiger charge is -2.09. The maximum atomic E-state index is 11.0. The Hall–Kier alpha value is -4.52. The Labute approximate surface area is 183 Å². The fourth-order valence-electron chi connectivity index (χ4n) is 3.59. The average Bonchev–Trinajstić information content (AvgIpc) is 3.11. The Morgan fingerprint density at radius 1 is 0.625 bits per heavy atom. The largest absolute Gasteiger partial charge is 0.508 e. The monoisotopic (exact) mass is 425 g/mol. The molecule has 0 saturated heterocycles. The first kappa shape index (κ1) is 19.4. The van der Waals surface area contributed by atoms with Crippen LogP contribution in [-0.2, 0) is 6.42 Å². The van der Waals surface area contributed by atoms with Crippen molar-refractivity contribution in [3.05, 3.63) is 90.3 Å². The van der Waals surface area contributed by atoms with Crippen LogP contribution in [0, 0.1) is 0 Å². The normalized spacial score (nSPS) is 11.1. The van der Waals surface area contributed by atoms with Gasteiger partial charge in [-0.15, -0.1) is 0 Å². The number of phenols is 3. The number of hydrogen-bond acceptors (Lipinski definition) is 6. The molecule has 0 fully saturated rings. The van der Waals surface area contributed by atoms with Crippen LogP contribution in [0.4, 0.5) is 0 Å². The number of aromatic nitrogens is 3. The van der Waals surface area contributed by atoms with Crippen molar-refractivity contribution in [1.82, 2.24) is 14.4 Å². The molecule has 0 radical (unpaired) electrons. The molecule has 5 rings (SSSR count). The molecular weight excluding hydrogens is 406 g/mol. The van der Waals surface area contributed by atoms with Gasteiger partial charge in [0.15, 0.2) is 5.65 Å². The van der Waals surface area contributed by atoms with Gasteiger partial charge < -0.3 is 20.4 Å². The Morgan fingerprint density at radius 2 is 1.16 bits per heavy atom. The number of fused-ring (bicyclic) bond motifs is 1. The minimum absolute atomic E-state index is 0.00414. The highest BCUT2D eigenvalue weighted by atomic mass is 16.3. The van der Waals surface area contributed by atoms with Crippen molar-refractivity contribution in [1.29, 1.82) is 0 Å². The van der Waals surface area contributed by atoms with Gasteiger partial charge in [-0.3, -0.25) is 4.40 Å². The van der Waals surface area contributed by atoms with Crippen LogP contribution < -0.4 is 0 Å². The molecule has 158 valence electrons. The quantitative estimate of drug-likeness (QED) is 0.338. The van der Waals surface area contributed by atoms with E-state index in [0.29, 0.717) is 29.1 Å². The summed E-state index contributed by atoms with van der Waals surface area (Å²) < 4.78 is 1.59. The summed E-state index contributed by atoms with van der Waals surface area (Å²) >= 11 is 0. The van der Waals surface area contributed by atoms with E-state index in [0.717, 1.165) is 16.7 Å². The van der Waals surface area contributed by atoms with Crippen molar-refractivity contribution < 1.29 is 20.4 Å². The van der Waals surface area contributed by atoms with Crippen LogP contribution >= 0.6 is 0 Å². The van der Waals surface area contributed by atoms with Crippen LogP contribution in [0.1, 0.15) is 11.3 Å². The summed E-state index contributed by atoms with van der Waals surface area (Å²) in [6.45, 7) is 0. The summed E-state index contributed by atoms with van der Waals surface area (Å²) in [6, 6.07) is 20.0. The smallest absolute Gasteiger partial charge is 0.219 e. The Bertz CT molecular complexity index is 1410. The van der Waals surface area contributed by atoms with E-state index in [1.165, 1.54) is 0 Å². The molecule has 0 atom stereocenters. The molecule has 3 aromatic carbocycles. The van der Waals surface area contributed by atoms with Crippen molar-refractivity contribution in [3.63, 3.8) is 0 Å². The molecule has 5 aromatic rings. The predicted octanol–water partition coefficient (Wildman–Crippen LogP) is 4.48. The number of imidazole rings is 1. The van der Waals surface area contributed by atoms with Crippen LogP contribution in [-0.4, -0.2) is 34.8 Å². The summed E-state index contributed by atoms with van der Waals surface area (Å²) in [5.74, 6) is 0.453. The second-order valence-corrected chi connectivity index (χ2v) is 7.49. The van der Waals surface area contributed by atoms with Crippen LogP contribution in [0.25, 0.3) is 28.2 Å². The van der Waals surface area contributed by atoms with Gasteiger partial charge in [-0.25, -0.2) is 9.97 Å². The number of benzene rings is 3. The minimum atomic E-state index is -0.00414. The molecule has 2 heterocycles. The lowest BCUT2D eigenvalue weighted by molar-refractivity contribution is 0.442. The summed E-state index contributed by atoms with van der Waals surface area (Å²) in [6.07, 6.45) is 2.08. The van der Waals surface area contributed by atoms with E-state index >= 15 is 0 Å². The Balaban J connectivity index is 1.70. The average molecular weight is 425 g/mol. The molecule has 2 aromatic heterocycles. The molecule has 0 aliphatic rings. The number of nitrogens with zero attached hydrogens (tertiary/aromatic N) is 3. The third kappa shape index (κ3) is 3.56. The van der Waals surface area contributed by atoms with Gasteiger partial charge in [0.25, 0.3) is 0 Å². The molecule has 0 aliphatic heterocycles. The van der Waals surface area contributed by atoms with E-state index in [1.54, 1.807) is 83.4 Å². The first-order chi connectivity index (χ1) is 15.5. The van der Waals surface area contributed by atoms with E-state index in [-0.39, 0.29) is 23.1 Å². The molecule has 32 heavy (non-hydrogen) atoms. The van der Waals surface area contributed by atoms with Crippen molar-refractivity contribution >= 4 is 5.65 Å². The summed E-state index contributed by atoms with van der Waals surface area (Å²) in [5, 5.41) is 39.8. The highest BCUT2D eigenvalue weighted by Gasteiger charge is 2.19. The molecule has 0 saturated carbocycles. The number of aromatic hydroxyl groups is 4. The number of hydrogen-bond donors (Lipinski definition) is 4. The lowest BCUT2D eigenvalue weighted by atomic mass is 10.1. The standard InChI is InChI=1S/C25H19N3O4/c29-18-7-1-15(2-8-18)13-21-25(32)28-14-22(16-3-9-19(30)10-4-16)26-23(24(28)27-21)17-5-11-20(31)12-6-17/h1-12,14,29-32H,13H2. The van der Waals surface area contributed by atoms with Crippen molar-refractivity contribution in [2.45, 2.75) is 6.42 Å². The van der Waals surface area contributed by atoms with Gasteiger partial charge in [0.1, 0.15) is 28.6 Å². The Kier molecular flexibility index (Phi) is 4.63. The molecule has 7 nitrogen and oxygen atoms in total. The van der Waals surface area contributed by atoms with Crippen molar-refractivity contribution in [3.8, 4) is 45.6 Å². The molecule has 0 bridgehead atoms. The molecule has 4 N–H and O–H groups in total. The zero-order chi connectivity index (χ0) is 22.2. The summed E-state index contributed by atoms with van der Waals surface area (Å²) in [5.41, 5.74) is 4.46. The van der Waals surface area contributed by atoms with E-state index in [2.05, 4.69) is 4.98 Å². The fraction of sp³-hybridized carbons (Fsp3) is 0.0400. The van der Waals surface area contributed by atoms with Gasteiger partial charge in [-0.2, -0.15) is 0 Å². The minimum Gasteiger partial charge on any atom is -0.508 e. The van der Waals surface area contributed by atoms with Crippen LogP contribution in [0.2, 0.25) is 0 Å². The number of rotatable bonds is 4. The van der Waals surface area contributed by atoms with Crippen LogP contribution in [0.15, 0.2) is 79.0 Å². The van der Waals surface area contributed by atoms with Gasteiger partial charge >= 0.3 is 0 Å². The molecule has 0 aliphatic carbocycles. The topological polar surface area (TPSA) is 111 Å². The van der Waals surface area contributed by atoms with Gasteiger partial charge in [-0.1, -0.05) is 12.1 Å². The number of phenolic OH excluding ortho intramolecular Hbond substituents is 3. The van der Waals surface area contributed by atoms with Crippen LogP contribution in [0.5, 0.6) is 23.1 Å². The summed E-state index contributed by atoms with van der Waals surface area (Å²) in [4.78, 5) is 9.45. The molecule has 0 amide bonds.